The van der Waals surface area contributed by atoms with Crippen molar-refractivity contribution < 1.29 is 14.3 Å². The lowest BCUT2D eigenvalue weighted by Crippen LogP contribution is -2.17. The Morgan fingerprint density at radius 1 is 1.39 bits per heavy atom. The molecule has 0 aliphatic heterocycles. The van der Waals surface area contributed by atoms with E-state index in [-0.39, 0.29) is 11.7 Å². The van der Waals surface area contributed by atoms with Crippen LogP contribution in [0.3, 0.4) is 0 Å². The Morgan fingerprint density at radius 2 is 2.17 bits per heavy atom. The van der Waals surface area contributed by atoms with Crippen LogP contribution in [0.4, 0.5) is 4.39 Å². The fraction of sp³-hybridized carbons (Fsp3) is 0.222. The van der Waals surface area contributed by atoms with Crippen LogP contribution in [0.2, 0.25) is 5.02 Å². The molecule has 0 radical (unpaired) electrons. The maximum absolute atomic E-state index is 13.8. The molecule has 2 atom stereocenters. The highest BCUT2D eigenvalue weighted by Crippen LogP contribution is 2.44. The number of rotatable bonds is 3. The third kappa shape index (κ3) is 2.99. The minimum atomic E-state index is -0.913. The van der Waals surface area contributed by atoms with E-state index in [0.717, 1.165) is 16.7 Å². The number of aromatic nitrogens is 1. The average molecular weight is 332 g/mol. The van der Waals surface area contributed by atoms with Crippen molar-refractivity contribution in [1.29, 1.82) is 0 Å². The molecule has 23 heavy (non-hydrogen) atoms. The third-order valence-corrected chi connectivity index (χ3v) is 4.53. The Bertz CT molecular complexity index is 803. The van der Waals surface area contributed by atoms with Crippen LogP contribution in [0.1, 0.15) is 29.0 Å². The minimum absolute atomic E-state index is 0.294. The summed E-state index contributed by atoms with van der Waals surface area (Å²) in [6, 6.07) is 6.57. The van der Waals surface area contributed by atoms with E-state index in [1.54, 1.807) is 37.4 Å². The van der Waals surface area contributed by atoms with E-state index < -0.39 is 11.9 Å². The van der Waals surface area contributed by atoms with Crippen LogP contribution in [0, 0.1) is 18.7 Å². The fourth-order valence-electron chi connectivity index (χ4n) is 3.14. The Kier molecular flexibility index (Phi) is 4.18. The summed E-state index contributed by atoms with van der Waals surface area (Å²) in [5, 5.41) is 10.0. The number of allylic oxidation sites excluding steroid dienone is 1. The molecule has 1 aliphatic carbocycles. The molecule has 1 aromatic heterocycles. The van der Waals surface area contributed by atoms with Crippen molar-refractivity contribution in [2.75, 3.05) is 0 Å². The van der Waals surface area contributed by atoms with Crippen LogP contribution in [0.15, 0.2) is 42.7 Å². The summed E-state index contributed by atoms with van der Waals surface area (Å²) in [4.78, 5) is 15.7. The molecular formula is C18H15ClFNO2. The van der Waals surface area contributed by atoms with Gasteiger partial charge in [-0.1, -0.05) is 29.8 Å². The quantitative estimate of drug-likeness (QED) is 0.903. The predicted octanol–water partition coefficient (Wildman–Crippen LogP) is 4.45. The lowest BCUT2D eigenvalue weighted by molar-refractivity contribution is -0.140. The second kappa shape index (κ2) is 6.13. The number of carbonyl (C=O) groups is 1. The van der Waals surface area contributed by atoms with Crippen LogP contribution in [0.5, 0.6) is 0 Å². The Balaban J connectivity index is 2.01. The number of carboxylic acid groups (broad SMARTS) is 1. The van der Waals surface area contributed by atoms with E-state index >= 15 is 0 Å². The van der Waals surface area contributed by atoms with Gasteiger partial charge in [-0.3, -0.25) is 9.78 Å². The first kappa shape index (κ1) is 15.7. The average Bonchev–Trinajstić information content (AvgIpc) is 2.95. The first-order valence-corrected chi connectivity index (χ1v) is 7.64. The molecule has 0 saturated heterocycles. The van der Waals surface area contributed by atoms with Gasteiger partial charge < -0.3 is 5.11 Å². The van der Waals surface area contributed by atoms with Gasteiger partial charge >= 0.3 is 5.97 Å². The van der Waals surface area contributed by atoms with Gasteiger partial charge in [0.1, 0.15) is 5.82 Å². The van der Waals surface area contributed by atoms with Crippen molar-refractivity contribution in [3.05, 3.63) is 70.3 Å². The van der Waals surface area contributed by atoms with Crippen molar-refractivity contribution in [1.82, 2.24) is 4.98 Å². The van der Waals surface area contributed by atoms with Gasteiger partial charge in [0.25, 0.3) is 0 Å². The largest absolute Gasteiger partial charge is 0.481 e. The molecule has 0 spiro atoms. The van der Waals surface area contributed by atoms with E-state index in [1.807, 2.05) is 0 Å². The summed E-state index contributed by atoms with van der Waals surface area (Å²) in [6.45, 7) is 1.68. The Morgan fingerprint density at radius 3 is 2.87 bits per heavy atom. The van der Waals surface area contributed by atoms with Crippen molar-refractivity contribution >= 4 is 23.1 Å². The van der Waals surface area contributed by atoms with Crippen LogP contribution < -0.4 is 0 Å². The molecule has 1 aromatic carbocycles. The number of aliphatic carboxylic acids is 1. The van der Waals surface area contributed by atoms with E-state index in [4.69, 9.17) is 11.6 Å². The summed E-state index contributed by atoms with van der Waals surface area (Å²) in [5.41, 5.74) is 2.92. The molecular weight excluding hydrogens is 317 g/mol. The van der Waals surface area contributed by atoms with Gasteiger partial charge in [-0.2, -0.15) is 0 Å². The molecule has 0 bridgehead atoms. The highest BCUT2D eigenvalue weighted by molar-refractivity contribution is 6.30. The maximum atomic E-state index is 13.8. The van der Waals surface area contributed by atoms with Crippen LogP contribution in [0.25, 0.3) is 5.57 Å². The van der Waals surface area contributed by atoms with Crippen molar-refractivity contribution in [2.45, 2.75) is 19.3 Å². The first-order valence-electron chi connectivity index (χ1n) is 7.27. The van der Waals surface area contributed by atoms with Gasteiger partial charge in [0.15, 0.2) is 0 Å². The normalized spacial score (nSPS) is 20.4. The van der Waals surface area contributed by atoms with Gasteiger partial charge in [0.05, 0.1) is 10.9 Å². The van der Waals surface area contributed by atoms with Crippen molar-refractivity contribution in [3.8, 4) is 0 Å². The predicted molar refractivity (Wildman–Crippen MR) is 86.8 cm³/mol. The lowest BCUT2D eigenvalue weighted by Gasteiger charge is -2.19. The molecule has 3 nitrogen and oxygen atoms in total. The number of pyridine rings is 1. The molecule has 3 rings (SSSR count). The lowest BCUT2D eigenvalue weighted by atomic mass is 9.85. The van der Waals surface area contributed by atoms with Gasteiger partial charge in [0, 0.05) is 18.3 Å². The van der Waals surface area contributed by atoms with Gasteiger partial charge in [-0.25, -0.2) is 4.39 Å². The van der Waals surface area contributed by atoms with Crippen molar-refractivity contribution in [3.63, 3.8) is 0 Å². The van der Waals surface area contributed by atoms with E-state index in [0.29, 0.717) is 17.0 Å². The van der Waals surface area contributed by atoms with E-state index in [2.05, 4.69) is 4.98 Å². The summed E-state index contributed by atoms with van der Waals surface area (Å²) in [7, 11) is 0. The van der Waals surface area contributed by atoms with E-state index in [1.165, 1.54) is 12.3 Å². The molecule has 1 N–H and O–H groups in total. The molecule has 118 valence electrons. The Labute approximate surface area is 138 Å². The first-order chi connectivity index (χ1) is 11.0. The van der Waals surface area contributed by atoms with Crippen LogP contribution in [-0.4, -0.2) is 16.1 Å². The van der Waals surface area contributed by atoms with Crippen molar-refractivity contribution in [2.24, 2.45) is 5.92 Å². The number of nitrogens with zero attached hydrogens (tertiary/aromatic N) is 1. The summed E-state index contributed by atoms with van der Waals surface area (Å²) < 4.78 is 13.8. The molecule has 5 heteroatoms. The second-order valence-electron chi connectivity index (χ2n) is 5.71. The highest BCUT2D eigenvalue weighted by atomic mass is 35.5. The third-order valence-electron chi connectivity index (χ3n) is 4.32. The number of hydrogen-bond donors (Lipinski definition) is 1. The zero-order chi connectivity index (χ0) is 16.6. The Hall–Kier alpha value is -2.20. The summed E-state index contributed by atoms with van der Waals surface area (Å²) >= 11 is 5.97. The summed E-state index contributed by atoms with van der Waals surface area (Å²) in [6.07, 6.45) is 5.44. The van der Waals surface area contributed by atoms with Crippen LogP contribution in [-0.2, 0) is 4.79 Å². The van der Waals surface area contributed by atoms with Gasteiger partial charge in [-0.05, 0) is 47.7 Å². The molecule has 0 saturated carbocycles. The zero-order valence-corrected chi connectivity index (χ0v) is 13.2. The molecule has 1 heterocycles. The topological polar surface area (TPSA) is 50.2 Å². The number of hydrogen-bond acceptors (Lipinski definition) is 2. The number of halogens is 2. The minimum Gasteiger partial charge on any atom is -0.481 e. The summed E-state index contributed by atoms with van der Waals surface area (Å²) in [5.74, 6) is -2.21. The monoisotopic (exact) mass is 331 g/mol. The van der Waals surface area contributed by atoms with E-state index in [9.17, 15) is 14.3 Å². The number of benzene rings is 1. The molecule has 1 aliphatic rings. The van der Waals surface area contributed by atoms with Crippen LogP contribution >= 0.6 is 11.6 Å². The SMILES string of the molecule is Cc1c(F)cccc1C1CC(c2cncc(Cl)c2)=CC1C(=O)O. The maximum Gasteiger partial charge on any atom is 0.311 e. The van der Waals surface area contributed by atoms with Gasteiger partial charge in [-0.15, -0.1) is 0 Å². The molecule has 2 unspecified atom stereocenters. The smallest absolute Gasteiger partial charge is 0.311 e. The molecule has 0 fully saturated rings. The molecule has 2 aromatic rings. The second-order valence-corrected chi connectivity index (χ2v) is 6.15. The number of carboxylic acids is 1. The van der Waals surface area contributed by atoms with Gasteiger partial charge in [0.2, 0.25) is 0 Å². The highest BCUT2D eigenvalue weighted by Gasteiger charge is 2.35. The standard InChI is InChI=1S/C18H15ClFNO2/c1-10-14(3-2-4-17(10)20)15-6-11(7-16(15)18(22)23)12-5-13(19)9-21-8-12/h2-5,7-9,15-16H,6H2,1H3,(H,22,23). The zero-order valence-electron chi connectivity index (χ0n) is 12.5. The fourth-order valence-corrected chi connectivity index (χ4v) is 3.31. The molecule has 0 amide bonds.